The van der Waals surface area contributed by atoms with Crippen molar-refractivity contribution in [3.8, 4) is 0 Å². The van der Waals surface area contributed by atoms with Crippen LogP contribution in [0.2, 0.25) is 0 Å². The molecule has 2 radical (unpaired) electrons. The van der Waals surface area contributed by atoms with Gasteiger partial charge in [-0.1, -0.05) is 48.5 Å². The molecule has 0 amide bonds. The van der Waals surface area contributed by atoms with Crippen molar-refractivity contribution in [1.29, 1.82) is 0 Å². The predicted molar refractivity (Wildman–Crippen MR) is 68.7 cm³/mol. The molecular formula is C13H13NPb. The van der Waals surface area contributed by atoms with Gasteiger partial charge in [0.25, 0.3) is 0 Å². The van der Waals surface area contributed by atoms with Crippen molar-refractivity contribution in [2.75, 3.05) is 0 Å². The standard InChI is InChI=1S/C13H11N.Pb.2H/c1-3-7-12(8-4-1)11-14-13-9-5-2-6-10-13;;;/h1-11H;;;. The van der Waals surface area contributed by atoms with Crippen molar-refractivity contribution < 1.29 is 0 Å². The number of aliphatic imine (C=N–C) groups is 1. The Labute approximate surface area is 110 Å². The number of para-hydroxylation sites is 1. The molecule has 0 fully saturated rings. The molecule has 2 rings (SSSR count). The first kappa shape index (κ1) is 12.1. The molecule has 0 saturated heterocycles. The SMILES string of the molecule is C(=Nc1ccccc1)c1ccccc1.[PbH2]. The molecule has 2 heteroatoms. The number of hydrogen-bond donors (Lipinski definition) is 0. The summed E-state index contributed by atoms with van der Waals surface area (Å²) in [6, 6.07) is 20.0. The summed E-state index contributed by atoms with van der Waals surface area (Å²) in [5.41, 5.74) is 2.10. The summed E-state index contributed by atoms with van der Waals surface area (Å²) in [7, 11) is 0. The van der Waals surface area contributed by atoms with Crippen LogP contribution in [0.15, 0.2) is 65.7 Å². The minimum absolute atomic E-state index is 0. The van der Waals surface area contributed by atoms with Crippen LogP contribution in [0.3, 0.4) is 0 Å². The number of benzene rings is 2. The molecule has 74 valence electrons. The van der Waals surface area contributed by atoms with E-state index in [1.165, 1.54) is 0 Å². The average molecular weight is 390 g/mol. The first-order valence-electron chi connectivity index (χ1n) is 4.59. The van der Waals surface area contributed by atoms with Gasteiger partial charge in [0.15, 0.2) is 0 Å². The predicted octanol–water partition coefficient (Wildman–Crippen LogP) is 2.52. The van der Waals surface area contributed by atoms with E-state index in [9.17, 15) is 0 Å². The van der Waals surface area contributed by atoms with Crippen LogP contribution in [0.5, 0.6) is 0 Å². The molecule has 0 saturated carbocycles. The Hall–Kier alpha value is -0.968. The Morgan fingerprint density at radius 3 is 1.87 bits per heavy atom. The molecule has 0 aliphatic heterocycles. The summed E-state index contributed by atoms with van der Waals surface area (Å²) in [6.45, 7) is 0. The Balaban J connectivity index is 0.00000112. The third-order valence-corrected chi connectivity index (χ3v) is 1.92. The van der Waals surface area contributed by atoms with Gasteiger partial charge in [-0.25, -0.2) is 0 Å². The normalized spacial score (nSPS) is 9.87. The summed E-state index contributed by atoms with van der Waals surface area (Å²) in [5.74, 6) is 0. The van der Waals surface area contributed by atoms with E-state index < -0.39 is 0 Å². The zero-order valence-electron chi connectivity index (χ0n) is 8.51. The van der Waals surface area contributed by atoms with Crippen LogP contribution in [-0.2, 0) is 0 Å². The molecular weight excluding hydrogens is 377 g/mol. The first-order chi connectivity index (χ1) is 6.95. The molecule has 0 atom stereocenters. The topological polar surface area (TPSA) is 12.4 Å². The second-order valence-corrected chi connectivity index (χ2v) is 3.00. The van der Waals surface area contributed by atoms with Crippen molar-refractivity contribution >= 4 is 39.2 Å². The minimum atomic E-state index is 0. The van der Waals surface area contributed by atoms with Gasteiger partial charge in [-0.15, -0.1) is 0 Å². The van der Waals surface area contributed by atoms with Crippen molar-refractivity contribution in [2.24, 2.45) is 4.99 Å². The molecule has 0 aliphatic carbocycles. The maximum atomic E-state index is 4.35. The van der Waals surface area contributed by atoms with Crippen LogP contribution in [0.1, 0.15) is 5.56 Å². The molecule has 1 nitrogen and oxygen atoms in total. The fourth-order valence-electron chi connectivity index (χ4n) is 1.20. The second kappa shape index (κ2) is 6.50. The fraction of sp³-hybridized carbons (Fsp3) is 0. The van der Waals surface area contributed by atoms with Gasteiger partial charge in [-0.3, -0.25) is 4.99 Å². The zero-order valence-corrected chi connectivity index (χ0v) is 14.0. The van der Waals surface area contributed by atoms with E-state index in [0.29, 0.717) is 0 Å². The number of nitrogens with zero attached hydrogens (tertiary/aromatic N) is 1. The van der Waals surface area contributed by atoms with Gasteiger partial charge in [0.1, 0.15) is 0 Å². The van der Waals surface area contributed by atoms with Crippen LogP contribution < -0.4 is 0 Å². The third-order valence-electron chi connectivity index (χ3n) is 1.92. The van der Waals surface area contributed by atoms with Crippen molar-refractivity contribution in [2.45, 2.75) is 0 Å². The third kappa shape index (κ3) is 3.95. The van der Waals surface area contributed by atoms with Crippen LogP contribution in [0.4, 0.5) is 5.69 Å². The Morgan fingerprint density at radius 1 is 0.733 bits per heavy atom. The monoisotopic (exact) mass is 391 g/mol. The van der Waals surface area contributed by atoms with Gasteiger partial charge in [0, 0.05) is 6.21 Å². The summed E-state index contributed by atoms with van der Waals surface area (Å²) >= 11 is 0. The Kier molecular flexibility index (Phi) is 5.25. The summed E-state index contributed by atoms with van der Waals surface area (Å²) in [5, 5.41) is 0. The molecule has 0 spiro atoms. The van der Waals surface area contributed by atoms with Gasteiger partial charge < -0.3 is 0 Å². The quantitative estimate of drug-likeness (QED) is 0.552. The summed E-state index contributed by atoms with van der Waals surface area (Å²) in [4.78, 5) is 4.35. The van der Waals surface area contributed by atoms with E-state index >= 15 is 0 Å². The summed E-state index contributed by atoms with van der Waals surface area (Å²) < 4.78 is 0. The average Bonchev–Trinajstić information content (AvgIpc) is 2.29. The second-order valence-electron chi connectivity index (χ2n) is 3.00. The Morgan fingerprint density at radius 2 is 1.27 bits per heavy atom. The number of rotatable bonds is 2. The molecule has 2 aromatic rings. The number of hydrogen-bond acceptors (Lipinski definition) is 1. The van der Waals surface area contributed by atoms with Crippen molar-refractivity contribution in [1.82, 2.24) is 0 Å². The first-order valence-corrected chi connectivity index (χ1v) is 4.59. The van der Waals surface area contributed by atoms with E-state index in [-0.39, 0.29) is 27.3 Å². The van der Waals surface area contributed by atoms with Gasteiger partial charge in [-0.05, 0) is 17.7 Å². The molecule has 0 aliphatic rings. The van der Waals surface area contributed by atoms with Gasteiger partial charge in [0.2, 0.25) is 0 Å². The zero-order chi connectivity index (χ0) is 9.64. The molecule has 15 heavy (non-hydrogen) atoms. The maximum absolute atomic E-state index is 4.35. The molecule has 0 N–H and O–H groups in total. The van der Waals surface area contributed by atoms with E-state index in [4.69, 9.17) is 0 Å². The Bertz CT molecular complexity index is 368. The van der Waals surface area contributed by atoms with Crippen molar-refractivity contribution in [3.05, 3.63) is 66.2 Å². The van der Waals surface area contributed by atoms with Gasteiger partial charge in [0.05, 0.1) is 5.69 Å². The van der Waals surface area contributed by atoms with Crippen LogP contribution >= 0.6 is 0 Å². The molecule has 0 bridgehead atoms. The van der Waals surface area contributed by atoms with Crippen LogP contribution in [0, 0.1) is 0 Å². The summed E-state index contributed by atoms with van der Waals surface area (Å²) in [6.07, 6.45) is 1.87. The fourth-order valence-corrected chi connectivity index (χ4v) is 1.20. The van der Waals surface area contributed by atoms with Crippen molar-refractivity contribution in [3.63, 3.8) is 0 Å². The van der Waals surface area contributed by atoms with Crippen LogP contribution in [0.25, 0.3) is 0 Å². The molecule has 2 aromatic carbocycles. The van der Waals surface area contributed by atoms with E-state index in [1.807, 2.05) is 66.9 Å². The van der Waals surface area contributed by atoms with Crippen LogP contribution in [-0.4, -0.2) is 33.5 Å². The molecule has 0 aromatic heterocycles. The van der Waals surface area contributed by atoms with E-state index in [0.717, 1.165) is 11.3 Å². The van der Waals surface area contributed by atoms with Gasteiger partial charge >= 0.3 is 27.3 Å². The van der Waals surface area contributed by atoms with Gasteiger partial charge in [-0.2, -0.15) is 0 Å². The molecule has 0 heterocycles. The van der Waals surface area contributed by atoms with E-state index in [1.54, 1.807) is 0 Å². The van der Waals surface area contributed by atoms with E-state index in [2.05, 4.69) is 4.99 Å². The molecule has 0 unspecified atom stereocenters.